The van der Waals surface area contributed by atoms with Crippen LogP contribution in [0.15, 0.2) is 0 Å². The zero-order chi connectivity index (χ0) is 12.4. The lowest BCUT2D eigenvalue weighted by Crippen LogP contribution is -2.19. The van der Waals surface area contributed by atoms with E-state index in [9.17, 15) is 0 Å². The second-order valence-electron chi connectivity index (χ2n) is 5.20. The first-order valence-corrected chi connectivity index (χ1v) is 6.69. The van der Waals surface area contributed by atoms with Crippen molar-refractivity contribution in [3.05, 3.63) is 22.8 Å². The van der Waals surface area contributed by atoms with E-state index in [2.05, 4.69) is 43.0 Å². The van der Waals surface area contributed by atoms with Gasteiger partial charge in [0, 0.05) is 35.5 Å². The average molecular weight is 233 g/mol. The predicted molar refractivity (Wildman–Crippen MR) is 70.1 cm³/mol. The summed E-state index contributed by atoms with van der Waals surface area (Å²) >= 11 is 0. The number of nitrogens with one attached hydrogen (secondary N) is 1. The van der Waals surface area contributed by atoms with Gasteiger partial charge in [0.2, 0.25) is 0 Å². The van der Waals surface area contributed by atoms with Gasteiger partial charge in [0.25, 0.3) is 0 Å². The first kappa shape index (κ1) is 12.5. The van der Waals surface area contributed by atoms with Gasteiger partial charge in [0.15, 0.2) is 0 Å². The minimum Gasteiger partial charge on any atom is -0.310 e. The molecule has 1 aliphatic carbocycles. The Labute approximate surface area is 104 Å². The Morgan fingerprint density at radius 3 is 2.29 bits per heavy atom. The molecule has 1 aliphatic rings. The Morgan fingerprint density at radius 2 is 1.82 bits per heavy atom. The molecule has 3 nitrogen and oxygen atoms in total. The minimum absolute atomic E-state index is 0.456. The lowest BCUT2D eigenvalue weighted by molar-refractivity contribution is 0.645. The smallest absolute Gasteiger partial charge is 0.131 e. The van der Waals surface area contributed by atoms with Crippen molar-refractivity contribution < 1.29 is 0 Å². The van der Waals surface area contributed by atoms with Crippen molar-refractivity contribution in [1.82, 2.24) is 15.3 Å². The van der Waals surface area contributed by atoms with Gasteiger partial charge in [0.1, 0.15) is 5.82 Å². The number of aryl methyl sites for hydroxylation is 2. The monoisotopic (exact) mass is 233 g/mol. The van der Waals surface area contributed by atoms with Gasteiger partial charge in [-0.1, -0.05) is 13.8 Å². The molecule has 1 atom stereocenters. The largest absolute Gasteiger partial charge is 0.310 e. The summed E-state index contributed by atoms with van der Waals surface area (Å²) < 4.78 is 0. The van der Waals surface area contributed by atoms with Crippen LogP contribution in [0.25, 0.3) is 0 Å². The molecule has 1 saturated carbocycles. The van der Waals surface area contributed by atoms with Crippen molar-refractivity contribution in [2.75, 3.05) is 0 Å². The third-order valence-electron chi connectivity index (χ3n) is 3.64. The van der Waals surface area contributed by atoms with Crippen molar-refractivity contribution in [1.29, 1.82) is 0 Å². The maximum absolute atomic E-state index is 4.65. The molecule has 3 heteroatoms. The summed E-state index contributed by atoms with van der Waals surface area (Å²) in [6, 6.07) is 0.739. The van der Waals surface area contributed by atoms with Crippen LogP contribution in [0.1, 0.15) is 61.8 Å². The van der Waals surface area contributed by atoms with Gasteiger partial charge in [-0.2, -0.15) is 0 Å². The van der Waals surface area contributed by atoms with E-state index in [1.807, 2.05) is 0 Å². The molecule has 0 bridgehead atoms. The molecule has 0 saturated heterocycles. The molecule has 1 aromatic heterocycles. The molecule has 0 amide bonds. The first-order valence-electron chi connectivity index (χ1n) is 6.69. The molecule has 0 spiro atoms. The van der Waals surface area contributed by atoms with Crippen LogP contribution in [0.5, 0.6) is 0 Å². The fraction of sp³-hybridized carbons (Fsp3) is 0.714. The summed E-state index contributed by atoms with van der Waals surface area (Å²) in [5.41, 5.74) is 3.56. The Bertz CT molecular complexity index is 373. The minimum atomic E-state index is 0.456. The van der Waals surface area contributed by atoms with Crippen LogP contribution >= 0.6 is 0 Å². The predicted octanol–water partition coefficient (Wildman–Crippen LogP) is 2.86. The normalized spacial score (nSPS) is 17.2. The summed E-state index contributed by atoms with van der Waals surface area (Å²) in [5.74, 6) is 1.45. The molecule has 1 N–H and O–H groups in total. The Hall–Kier alpha value is -0.960. The highest BCUT2D eigenvalue weighted by Crippen LogP contribution is 2.21. The van der Waals surface area contributed by atoms with Crippen molar-refractivity contribution in [2.45, 2.75) is 65.5 Å². The second-order valence-corrected chi connectivity index (χ2v) is 5.20. The highest BCUT2D eigenvalue weighted by atomic mass is 15.0. The van der Waals surface area contributed by atoms with E-state index in [1.165, 1.54) is 18.4 Å². The van der Waals surface area contributed by atoms with Crippen molar-refractivity contribution >= 4 is 0 Å². The summed E-state index contributed by atoms with van der Waals surface area (Å²) in [6.45, 7) is 9.50. The third-order valence-corrected chi connectivity index (χ3v) is 3.64. The van der Waals surface area contributed by atoms with E-state index in [-0.39, 0.29) is 0 Å². The van der Waals surface area contributed by atoms with Gasteiger partial charge in [-0.3, -0.25) is 0 Å². The molecule has 1 fully saturated rings. The number of rotatable bonds is 5. The maximum atomic E-state index is 4.65. The van der Waals surface area contributed by atoms with E-state index in [4.69, 9.17) is 0 Å². The SMILES string of the molecule is CCC(C)c1nc(C)c(CNC2CC2)c(C)n1. The van der Waals surface area contributed by atoms with Crippen LogP contribution in [0.3, 0.4) is 0 Å². The zero-order valence-electron chi connectivity index (χ0n) is 11.4. The van der Waals surface area contributed by atoms with Gasteiger partial charge in [-0.25, -0.2) is 9.97 Å². The highest BCUT2D eigenvalue weighted by Gasteiger charge is 2.21. The maximum Gasteiger partial charge on any atom is 0.131 e. The lowest BCUT2D eigenvalue weighted by Gasteiger charge is -2.14. The third kappa shape index (κ3) is 3.03. The first-order chi connectivity index (χ1) is 8.11. The Kier molecular flexibility index (Phi) is 3.77. The van der Waals surface area contributed by atoms with Gasteiger partial charge in [-0.15, -0.1) is 0 Å². The van der Waals surface area contributed by atoms with Crippen LogP contribution in [0.4, 0.5) is 0 Å². The van der Waals surface area contributed by atoms with E-state index < -0.39 is 0 Å². The van der Waals surface area contributed by atoms with Gasteiger partial charge < -0.3 is 5.32 Å². The van der Waals surface area contributed by atoms with Crippen LogP contribution in [0.2, 0.25) is 0 Å². The van der Waals surface area contributed by atoms with E-state index in [0.29, 0.717) is 5.92 Å². The second kappa shape index (κ2) is 5.13. The summed E-state index contributed by atoms with van der Waals surface area (Å²) in [5, 5.41) is 3.54. The Balaban J connectivity index is 2.15. The number of nitrogens with zero attached hydrogens (tertiary/aromatic N) is 2. The lowest BCUT2D eigenvalue weighted by atomic mass is 10.1. The molecule has 0 aromatic carbocycles. The van der Waals surface area contributed by atoms with Gasteiger partial charge >= 0.3 is 0 Å². The molecule has 17 heavy (non-hydrogen) atoms. The summed E-state index contributed by atoms with van der Waals surface area (Å²) in [6.07, 6.45) is 3.74. The highest BCUT2D eigenvalue weighted by molar-refractivity contribution is 5.25. The molecule has 0 radical (unpaired) electrons. The summed E-state index contributed by atoms with van der Waals surface area (Å²) in [4.78, 5) is 9.30. The molecule has 1 heterocycles. The molecular weight excluding hydrogens is 210 g/mol. The van der Waals surface area contributed by atoms with Crippen molar-refractivity contribution in [2.24, 2.45) is 0 Å². The summed E-state index contributed by atoms with van der Waals surface area (Å²) in [7, 11) is 0. The molecule has 1 unspecified atom stereocenters. The van der Waals surface area contributed by atoms with E-state index in [0.717, 1.165) is 36.2 Å². The quantitative estimate of drug-likeness (QED) is 0.849. The van der Waals surface area contributed by atoms with Crippen LogP contribution in [-0.4, -0.2) is 16.0 Å². The average Bonchev–Trinajstić information content (AvgIpc) is 3.10. The molecule has 94 valence electrons. The molecule has 1 aromatic rings. The fourth-order valence-corrected chi connectivity index (χ4v) is 1.96. The van der Waals surface area contributed by atoms with Crippen molar-refractivity contribution in [3.8, 4) is 0 Å². The Morgan fingerprint density at radius 1 is 1.24 bits per heavy atom. The van der Waals surface area contributed by atoms with E-state index >= 15 is 0 Å². The van der Waals surface area contributed by atoms with Crippen LogP contribution in [0, 0.1) is 13.8 Å². The molecular formula is C14H23N3. The zero-order valence-corrected chi connectivity index (χ0v) is 11.4. The van der Waals surface area contributed by atoms with Gasteiger partial charge in [-0.05, 0) is 33.1 Å². The van der Waals surface area contributed by atoms with Crippen LogP contribution < -0.4 is 5.32 Å². The van der Waals surface area contributed by atoms with Gasteiger partial charge in [0.05, 0.1) is 0 Å². The number of hydrogen-bond acceptors (Lipinski definition) is 3. The van der Waals surface area contributed by atoms with Crippen LogP contribution in [-0.2, 0) is 6.54 Å². The van der Waals surface area contributed by atoms with Crippen molar-refractivity contribution in [3.63, 3.8) is 0 Å². The van der Waals surface area contributed by atoms with E-state index in [1.54, 1.807) is 0 Å². The topological polar surface area (TPSA) is 37.8 Å². The molecule has 2 rings (SSSR count). The number of hydrogen-bond donors (Lipinski definition) is 1. The fourth-order valence-electron chi connectivity index (χ4n) is 1.96. The number of aromatic nitrogens is 2. The standard InChI is InChI=1S/C14H23N3/c1-5-9(2)14-16-10(3)13(11(4)17-14)8-15-12-6-7-12/h9,12,15H,5-8H2,1-4H3. The molecule has 0 aliphatic heterocycles.